The number of imidazole rings is 1. The molecule has 58 valence electrons. The third-order valence-electron chi connectivity index (χ3n) is 1.54. The summed E-state index contributed by atoms with van der Waals surface area (Å²) in [5, 5.41) is 11.5. The van der Waals surface area contributed by atoms with Gasteiger partial charge in [0.2, 0.25) is 5.82 Å². The van der Waals surface area contributed by atoms with E-state index in [4.69, 9.17) is 5.26 Å². The second-order valence-corrected chi connectivity index (χ2v) is 2.27. The van der Waals surface area contributed by atoms with Gasteiger partial charge in [-0.1, -0.05) is 0 Å². The molecule has 11 heavy (non-hydrogen) atoms. The summed E-state index contributed by atoms with van der Waals surface area (Å²) in [6.45, 7) is 0.741. The zero-order valence-electron chi connectivity index (χ0n) is 6.63. The summed E-state index contributed by atoms with van der Waals surface area (Å²) in [6.07, 6.45) is 1.70. The highest BCUT2D eigenvalue weighted by atomic mass is 15.1. The highest BCUT2D eigenvalue weighted by molar-refractivity contribution is 5.16. The van der Waals surface area contributed by atoms with Crippen molar-refractivity contribution < 1.29 is 0 Å². The molecule has 0 spiro atoms. The van der Waals surface area contributed by atoms with Crippen LogP contribution in [0.5, 0.6) is 0 Å². The Bertz CT molecular complexity index is 281. The van der Waals surface area contributed by atoms with Crippen LogP contribution in [0.25, 0.3) is 0 Å². The monoisotopic (exact) mass is 150 g/mol. The molecule has 0 saturated carbocycles. The van der Waals surface area contributed by atoms with Crippen molar-refractivity contribution in [3.63, 3.8) is 0 Å². The van der Waals surface area contributed by atoms with Gasteiger partial charge in [-0.2, -0.15) is 5.26 Å². The second-order valence-electron chi connectivity index (χ2n) is 2.27. The van der Waals surface area contributed by atoms with E-state index >= 15 is 0 Å². The van der Waals surface area contributed by atoms with E-state index in [1.165, 1.54) is 0 Å². The molecule has 4 nitrogen and oxygen atoms in total. The minimum absolute atomic E-state index is 0.454. The molecule has 0 amide bonds. The molecule has 1 aromatic heterocycles. The zero-order chi connectivity index (χ0) is 8.27. The van der Waals surface area contributed by atoms with Crippen LogP contribution in [-0.4, -0.2) is 16.6 Å². The molecule has 0 aliphatic heterocycles. The third kappa shape index (κ3) is 1.38. The molecule has 0 aliphatic carbocycles. The van der Waals surface area contributed by atoms with Gasteiger partial charge >= 0.3 is 0 Å². The van der Waals surface area contributed by atoms with Gasteiger partial charge in [0.05, 0.1) is 11.9 Å². The van der Waals surface area contributed by atoms with Crippen LogP contribution in [0.3, 0.4) is 0 Å². The molecule has 4 heteroatoms. The Morgan fingerprint density at radius 2 is 2.55 bits per heavy atom. The number of rotatable bonds is 2. The first-order valence-electron chi connectivity index (χ1n) is 3.35. The first-order valence-corrected chi connectivity index (χ1v) is 3.35. The molecule has 1 N–H and O–H groups in total. The molecule has 0 bridgehead atoms. The molecule has 1 rings (SSSR count). The maximum absolute atomic E-state index is 8.55. The van der Waals surface area contributed by atoms with Crippen molar-refractivity contribution in [1.29, 1.82) is 5.26 Å². The molecule has 0 radical (unpaired) electrons. The summed E-state index contributed by atoms with van der Waals surface area (Å²) in [5.74, 6) is 0.454. The maximum atomic E-state index is 8.55. The minimum atomic E-state index is 0.454. The van der Waals surface area contributed by atoms with Gasteiger partial charge in [-0.25, -0.2) is 4.98 Å². The van der Waals surface area contributed by atoms with Crippen molar-refractivity contribution in [2.24, 2.45) is 7.05 Å². The van der Waals surface area contributed by atoms with Crippen molar-refractivity contribution >= 4 is 0 Å². The maximum Gasteiger partial charge on any atom is 0.212 e. The molecular formula is C7H10N4. The van der Waals surface area contributed by atoms with Crippen LogP contribution in [0, 0.1) is 11.3 Å². The van der Waals surface area contributed by atoms with Crippen LogP contribution in [0.4, 0.5) is 0 Å². The van der Waals surface area contributed by atoms with Gasteiger partial charge in [0, 0.05) is 13.6 Å². The number of hydrogen-bond donors (Lipinski definition) is 1. The number of hydrogen-bond acceptors (Lipinski definition) is 3. The average Bonchev–Trinajstić information content (AvgIpc) is 2.34. The summed E-state index contributed by atoms with van der Waals surface area (Å²) in [4.78, 5) is 3.91. The van der Waals surface area contributed by atoms with Crippen molar-refractivity contribution in [3.8, 4) is 6.07 Å². The van der Waals surface area contributed by atoms with E-state index in [1.54, 1.807) is 10.8 Å². The third-order valence-corrected chi connectivity index (χ3v) is 1.54. The standard InChI is InChI=1S/C7H10N4/c1-9-4-6-5-10-7(3-8)11(6)2/h5,9H,4H2,1-2H3. The van der Waals surface area contributed by atoms with E-state index in [2.05, 4.69) is 10.3 Å². The number of aromatic nitrogens is 2. The SMILES string of the molecule is CNCc1cnc(C#N)n1C. The van der Waals surface area contributed by atoms with Gasteiger partial charge in [0.15, 0.2) is 0 Å². The van der Waals surface area contributed by atoms with Gasteiger partial charge in [-0.15, -0.1) is 0 Å². The summed E-state index contributed by atoms with van der Waals surface area (Å²) in [7, 11) is 3.69. The number of nitriles is 1. The molecule has 0 aromatic carbocycles. The number of nitrogens with zero attached hydrogens (tertiary/aromatic N) is 3. The lowest BCUT2D eigenvalue weighted by molar-refractivity contribution is 0.729. The fourth-order valence-corrected chi connectivity index (χ4v) is 0.894. The van der Waals surface area contributed by atoms with Gasteiger partial charge in [0.1, 0.15) is 6.07 Å². The van der Waals surface area contributed by atoms with Crippen molar-refractivity contribution in [3.05, 3.63) is 17.7 Å². The molecular weight excluding hydrogens is 140 g/mol. The molecule has 0 aliphatic rings. The van der Waals surface area contributed by atoms with E-state index in [0.717, 1.165) is 12.2 Å². The van der Waals surface area contributed by atoms with Crippen LogP contribution in [-0.2, 0) is 13.6 Å². The summed E-state index contributed by atoms with van der Waals surface area (Å²) < 4.78 is 1.77. The normalized spacial score (nSPS) is 9.55. The Morgan fingerprint density at radius 1 is 1.82 bits per heavy atom. The molecule has 0 unspecified atom stereocenters. The van der Waals surface area contributed by atoms with Crippen LogP contribution in [0.15, 0.2) is 6.20 Å². The smallest absolute Gasteiger partial charge is 0.212 e. The Hall–Kier alpha value is -1.34. The lowest BCUT2D eigenvalue weighted by atomic mass is 10.4. The predicted molar refractivity (Wildman–Crippen MR) is 40.7 cm³/mol. The lowest BCUT2D eigenvalue weighted by Crippen LogP contribution is -2.09. The fourth-order valence-electron chi connectivity index (χ4n) is 0.894. The second kappa shape index (κ2) is 3.17. The summed E-state index contributed by atoms with van der Waals surface area (Å²) >= 11 is 0. The van der Waals surface area contributed by atoms with Crippen LogP contribution >= 0.6 is 0 Å². The van der Waals surface area contributed by atoms with E-state index < -0.39 is 0 Å². The Kier molecular flexibility index (Phi) is 2.24. The summed E-state index contributed by atoms with van der Waals surface area (Å²) in [6, 6.07) is 2.00. The Balaban J connectivity index is 2.93. The van der Waals surface area contributed by atoms with Gasteiger partial charge < -0.3 is 9.88 Å². The van der Waals surface area contributed by atoms with Crippen LogP contribution < -0.4 is 5.32 Å². The van der Waals surface area contributed by atoms with Gasteiger partial charge in [-0.05, 0) is 7.05 Å². The van der Waals surface area contributed by atoms with Gasteiger partial charge in [-0.3, -0.25) is 0 Å². The quantitative estimate of drug-likeness (QED) is 0.646. The van der Waals surface area contributed by atoms with E-state index in [0.29, 0.717) is 5.82 Å². The lowest BCUT2D eigenvalue weighted by Gasteiger charge is -1.99. The fraction of sp³-hybridized carbons (Fsp3) is 0.429. The first kappa shape index (κ1) is 7.76. The first-order chi connectivity index (χ1) is 5.29. The zero-order valence-corrected chi connectivity index (χ0v) is 6.63. The Morgan fingerprint density at radius 3 is 3.00 bits per heavy atom. The number of nitrogens with one attached hydrogen (secondary N) is 1. The molecule has 1 heterocycles. The van der Waals surface area contributed by atoms with Crippen molar-refractivity contribution in [2.45, 2.75) is 6.54 Å². The molecule has 0 fully saturated rings. The largest absolute Gasteiger partial charge is 0.322 e. The van der Waals surface area contributed by atoms with E-state index in [1.807, 2.05) is 20.2 Å². The summed E-state index contributed by atoms with van der Waals surface area (Å²) in [5.41, 5.74) is 1.02. The highest BCUT2D eigenvalue weighted by Gasteiger charge is 2.02. The minimum Gasteiger partial charge on any atom is -0.322 e. The van der Waals surface area contributed by atoms with E-state index in [9.17, 15) is 0 Å². The van der Waals surface area contributed by atoms with E-state index in [-0.39, 0.29) is 0 Å². The van der Waals surface area contributed by atoms with Crippen LogP contribution in [0.2, 0.25) is 0 Å². The van der Waals surface area contributed by atoms with Crippen molar-refractivity contribution in [1.82, 2.24) is 14.9 Å². The topological polar surface area (TPSA) is 53.6 Å². The predicted octanol–water partition coefficient (Wildman–Crippen LogP) is 0.0112. The van der Waals surface area contributed by atoms with Gasteiger partial charge in [0.25, 0.3) is 0 Å². The molecule has 1 aromatic rings. The Labute approximate surface area is 65.5 Å². The molecule has 0 atom stereocenters. The van der Waals surface area contributed by atoms with Crippen molar-refractivity contribution in [2.75, 3.05) is 7.05 Å². The average molecular weight is 150 g/mol. The van der Waals surface area contributed by atoms with Crippen LogP contribution in [0.1, 0.15) is 11.5 Å². The molecule has 0 saturated heterocycles. The highest BCUT2D eigenvalue weighted by Crippen LogP contribution is 2.00.